The Morgan fingerprint density at radius 1 is 1.07 bits per heavy atom. The number of sulfonamides is 1. The molecule has 0 aliphatic heterocycles. The van der Waals surface area contributed by atoms with Gasteiger partial charge in [-0.15, -0.1) is 11.3 Å². The molecule has 4 nitrogen and oxygen atoms in total. The van der Waals surface area contributed by atoms with Gasteiger partial charge in [0.2, 0.25) is 0 Å². The monoisotopic (exact) mass is 400 g/mol. The molecule has 1 aromatic carbocycles. The summed E-state index contributed by atoms with van der Waals surface area (Å²) in [5, 5.41) is 2.57. The van der Waals surface area contributed by atoms with Crippen molar-refractivity contribution in [2.75, 3.05) is 4.72 Å². The molecule has 4 saturated carbocycles. The summed E-state index contributed by atoms with van der Waals surface area (Å²) in [5.74, 6) is 2.55. The van der Waals surface area contributed by atoms with Gasteiger partial charge in [-0.25, -0.2) is 13.4 Å². The molecule has 1 aromatic heterocycles. The molecular weight excluding hydrogens is 376 g/mol. The van der Waals surface area contributed by atoms with E-state index < -0.39 is 10.0 Å². The van der Waals surface area contributed by atoms with Crippen molar-refractivity contribution in [2.45, 2.75) is 48.8 Å². The Morgan fingerprint density at radius 2 is 1.67 bits per heavy atom. The van der Waals surface area contributed by atoms with E-state index >= 15 is 0 Å². The van der Waals surface area contributed by atoms with Gasteiger partial charge < -0.3 is 0 Å². The number of aromatic nitrogens is 1. The number of nitrogens with zero attached hydrogens (tertiary/aromatic N) is 1. The highest BCUT2D eigenvalue weighted by molar-refractivity contribution is 7.93. The van der Waals surface area contributed by atoms with Crippen LogP contribution in [0.2, 0.25) is 0 Å². The Kier molecular flexibility index (Phi) is 3.99. The zero-order valence-corrected chi connectivity index (χ0v) is 16.9. The second-order valence-electron chi connectivity index (χ2n) is 8.61. The van der Waals surface area contributed by atoms with Crippen LogP contribution in [0, 0.1) is 17.8 Å². The summed E-state index contributed by atoms with van der Waals surface area (Å²) in [6, 6.07) is 6.72. The molecule has 6 heteroatoms. The third-order valence-corrected chi connectivity index (χ3v) is 8.98. The molecule has 27 heavy (non-hydrogen) atoms. The van der Waals surface area contributed by atoms with Gasteiger partial charge in [0, 0.05) is 10.8 Å². The van der Waals surface area contributed by atoms with Crippen molar-refractivity contribution in [3.8, 4) is 0 Å². The Bertz CT molecular complexity index is 941. The minimum Gasteiger partial charge on any atom is -0.255 e. The summed E-state index contributed by atoms with van der Waals surface area (Å²) in [4.78, 5) is 5.01. The number of nitrogens with one attached hydrogen (secondary N) is 1. The van der Waals surface area contributed by atoms with Crippen molar-refractivity contribution < 1.29 is 8.42 Å². The van der Waals surface area contributed by atoms with E-state index in [-0.39, 0.29) is 10.3 Å². The molecule has 1 heterocycles. The zero-order chi connectivity index (χ0) is 18.6. The first-order chi connectivity index (χ1) is 13.0. The number of anilines is 1. The summed E-state index contributed by atoms with van der Waals surface area (Å²) in [6.45, 7) is 3.70. The Hall–Kier alpha value is -1.66. The highest BCUT2D eigenvalue weighted by atomic mass is 32.2. The van der Waals surface area contributed by atoms with E-state index in [1.54, 1.807) is 30.3 Å². The van der Waals surface area contributed by atoms with Crippen LogP contribution in [0.25, 0.3) is 6.08 Å². The number of rotatable bonds is 5. The van der Waals surface area contributed by atoms with E-state index in [2.05, 4.69) is 16.7 Å². The first-order valence-corrected chi connectivity index (χ1v) is 12.0. The van der Waals surface area contributed by atoms with Crippen LogP contribution < -0.4 is 4.72 Å². The summed E-state index contributed by atoms with van der Waals surface area (Å²) in [5.41, 5.74) is 2.21. The number of hydrogen-bond donors (Lipinski definition) is 1. The molecule has 0 atom stereocenters. The minimum atomic E-state index is -3.62. The van der Waals surface area contributed by atoms with Crippen LogP contribution in [0.15, 0.2) is 41.1 Å². The summed E-state index contributed by atoms with van der Waals surface area (Å²) in [6.07, 6.45) is 9.58. The maximum atomic E-state index is 12.7. The Balaban J connectivity index is 1.38. The molecule has 0 unspecified atom stereocenters. The van der Waals surface area contributed by atoms with E-state index in [9.17, 15) is 8.42 Å². The van der Waals surface area contributed by atoms with Gasteiger partial charge in [-0.2, -0.15) is 0 Å². The lowest BCUT2D eigenvalue weighted by Crippen LogP contribution is -2.48. The SMILES string of the molecule is C=Cc1ccc(S(=O)(=O)Nc2nc(C34CC5CC(CC(C5)C3)C4)cs2)cc1. The third-order valence-electron chi connectivity index (χ3n) is 6.73. The van der Waals surface area contributed by atoms with E-state index in [1.807, 2.05) is 0 Å². The van der Waals surface area contributed by atoms with Gasteiger partial charge in [0.25, 0.3) is 10.0 Å². The van der Waals surface area contributed by atoms with Gasteiger partial charge in [-0.3, -0.25) is 4.72 Å². The van der Waals surface area contributed by atoms with Crippen molar-refractivity contribution in [3.63, 3.8) is 0 Å². The first-order valence-electron chi connectivity index (χ1n) is 9.67. The summed E-state index contributed by atoms with van der Waals surface area (Å²) < 4.78 is 28.1. The lowest BCUT2D eigenvalue weighted by atomic mass is 9.49. The maximum Gasteiger partial charge on any atom is 0.263 e. The van der Waals surface area contributed by atoms with Crippen molar-refractivity contribution in [1.82, 2.24) is 4.98 Å². The number of benzene rings is 1. The zero-order valence-electron chi connectivity index (χ0n) is 15.2. The Morgan fingerprint density at radius 3 is 2.22 bits per heavy atom. The topological polar surface area (TPSA) is 59.1 Å². The number of thiazole rings is 1. The van der Waals surface area contributed by atoms with Gasteiger partial charge in [0.15, 0.2) is 5.13 Å². The van der Waals surface area contributed by atoms with Crippen LogP contribution in [-0.4, -0.2) is 13.4 Å². The molecule has 0 radical (unpaired) electrons. The highest BCUT2D eigenvalue weighted by Crippen LogP contribution is 2.60. The van der Waals surface area contributed by atoms with Crippen LogP contribution in [-0.2, 0) is 15.4 Å². The molecule has 6 rings (SSSR count). The summed E-state index contributed by atoms with van der Waals surface area (Å²) in [7, 11) is -3.62. The second kappa shape index (κ2) is 6.17. The normalized spacial score (nSPS) is 31.8. The highest BCUT2D eigenvalue weighted by Gasteiger charge is 2.52. The molecule has 0 saturated heterocycles. The fourth-order valence-corrected chi connectivity index (χ4v) is 8.03. The lowest BCUT2D eigenvalue weighted by Gasteiger charge is -2.56. The van der Waals surface area contributed by atoms with Gasteiger partial charge in [0.1, 0.15) is 0 Å². The van der Waals surface area contributed by atoms with E-state index in [1.165, 1.54) is 49.9 Å². The summed E-state index contributed by atoms with van der Waals surface area (Å²) >= 11 is 1.41. The van der Waals surface area contributed by atoms with Crippen LogP contribution in [0.3, 0.4) is 0 Å². The molecule has 142 valence electrons. The smallest absolute Gasteiger partial charge is 0.255 e. The average molecular weight is 401 g/mol. The van der Waals surface area contributed by atoms with E-state index in [4.69, 9.17) is 4.98 Å². The largest absolute Gasteiger partial charge is 0.263 e. The van der Waals surface area contributed by atoms with Crippen LogP contribution in [0.5, 0.6) is 0 Å². The maximum absolute atomic E-state index is 12.7. The van der Waals surface area contributed by atoms with Crippen molar-refractivity contribution in [1.29, 1.82) is 0 Å². The second-order valence-corrected chi connectivity index (χ2v) is 11.2. The first kappa shape index (κ1) is 17.4. The predicted octanol–water partition coefficient (Wildman–Crippen LogP) is 5.05. The molecule has 4 fully saturated rings. The standard InChI is InChI=1S/C21H24N2O2S2/c1-2-14-3-5-18(6-4-14)27(24,25)23-20-22-19(13-26-20)21-10-15-7-16(11-21)9-17(8-15)12-21/h2-6,13,15-17H,1,7-12H2,(H,22,23). The number of hydrogen-bond acceptors (Lipinski definition) is 4. The molecule has 0 spiro atoms. The van der Waals surface area contributed by atoms with Crippen molar-refractivity contribution in [2.24, 2.45) is 17.8 Å². The van der Waals surface area contributed by atoms with Gasteiger partial charge >= 0.3 is 0 Å². The van der Waals surface area contributed by atoms with Crippen LogP contribution >= 0.6 is 11.3 Å². The lowest BCUT2D eigenvalue weighted by molar-refractivity contribution is -0.00688. The van der Waals surface area contributed by atoms with Gasteiger partial charge in [-0.1, -0.05) is 24.8 Å². The van der Waals surface area contributed by atoms with Crippen LogP contribution in [0.1, 0.15) is 49.8 Å². The molecule has 0 amide bonds. The minimum absolute atomic E-state index is 0.195. The quantitative estimate of drug-likeness (QED) is 0.763. The Labute approximate surface area is 164 Å². The molecular formula is C21H24N2O2S2. The predicted molar refractivity (Wildman–Crippen MR) is 109 cm³/mol. The van der Waals surface area contributed by atoms with Gasteiger partial charge in [0.05, 0.1) is 10.6 Å². The molecule has 4 aliphatic carbocycles. The molecule has 4 bridgehead atoms. The third kappa shape index (κ3) is 3.03. The fourth-order valence-electron chi connectivity index (χ4n) is 5.95. The van der Waals surface area contributed by atoms with Crippen molar-refractivity contribution in [3.05, 3.63) is 47.5 Å². The average Bonchev–Trinajstić information content (AvgIpc) is 3.09. The molecule has 2 aromatic rings. The molecule has 4 aliphatic rings. The van der Waals surface area contributed by atoms with E-state index in [0.717, 1.165) is 29.0 Å². The van der Waals surface area contributed by atoms with E-state index in [0.29, 0.717) is 5.13 Å². The van der Waals surface area contributed by atoms with Crippen LogP contribution in [0.4, 0.5) is 5.13 Å². The fraction of sp³-hybridized carbons (Fsp3) is 0.476. The molecule has 1 N–H and O–H groups in total. The van der Waals surface area contributed by atoms with Gasteiger partial charge in [-0.05, 0) is 74.0 Å². The van der Waals surface area contributed by atoms with Crippen molar-refractivity contribution >= 4 is 32.6 Å².